The lowest BCUT2D eigenvalue weighted by atomic mass is 10.1. The third-order valence-corrected chi connectivity index (χ3v) is 4.39. The van der Waals surface area contributed by atoms with Gasteiger partial charge < -0.3 is 0 Å². The fourth-order valence-electron chi connectivity index (χ4n) is 1.82. The van der Waals surface area contributed by atoms with Crippen molar-refractivity contribution in [3.63, 3.8) is 0 Å². The topological polar surface area (TPSA) is 29.1 Å². The average Bonchev–Trinajstić information content (AvgIpc) is 2.45. The number of benzene rings is 2. The van der Waals surface area contributed by atoms with E-state index in [9.17, 15) is 17.4 Å². The SMILES string of the molecule is Cc1ccc(S(=O)N[C@H](c2ccc(Cl)cc2)C(F)(F)F)cc1. The smallest absolute Gasteiger partial charge is 0.237 e. The van der Waals surface area contributed by atoms with Crippen LogP contribution >= 0.6 is 11.6 Å². The van der Waals surface area contributed by atoms with Crippen molar-refractivity contribution in [2.45, 2.75) is 24.0 Å². The second-order valence-corrected chi connectivity index (χ2v) is 6.41. The Morgan fingerprint density at radius 2 is 1.59 bits per heavy atom. The van der Waals surface area contributed by atoms with Crippen molar-refractivity contribution in [3.8, 4) is 0 Å². The molecule has 0 fully saturated rings. The van der Waals surface area contributed by atoms with Crippen LogP contribution in [0.5, 0.6) is 0 Å². The first-order chi connectivity index (χ1) is 10.3. The fourth-order valence-corrected chi connectivity index (χ4v) is 2.95. The van der Waals surface area contributed by atoms with Gasteiger partial charge in [-0.2, -0.15) is 13.2 Å². The van der Waals surface area contributed by atoms with E-state index in [-0.39, 0.29) is 10.5 Å². The Morgan fingerprint density at radius 3 is 2.09 bits per heavy atom. The molecule has 0 radical (unpaired) electrons. The molecule has 0 saturated heterocycles. The van der Waals surface area contributed by atoms with Crippen LogP contribution in [0.2, 0.25) is 5.02 Å². The summed E-state index contributed by atoms with van der Waals surface area (Å²) in [6.45, 7) is 1.84. The molecule has 2 aromatic rings. The molecule has 22 heavy (non-hydrogen) atoms. The highest BCUT2D eigenvalue weighted by Crippen LogP contribution is 2.33. The zero-order valence-corrected chi connectivity index (χ0v) is 13.1. The van der Waals surface area contributed by atoms with Crippen molar-refractivity contribution < 1.29 is 17.4 Å². The van der Waals surface area contributed by atoms with E-state index >= 15 is 0 Å². The lowest BCUT2D eigenvalue weighted by Gasteiger charge is -2.21. The molecule has 1 N–H and O–H groups in total. The van der Waals surface area contributed by atoms with E-state index in [1.54, 1.807) is 12.1 Å². The van der Waals surface area contributed by atoms with Crippen LogP contribution in [0, 0.1) is 6.92 Å². The second kappa shape index (κ2) is 6.81. The lowest BCUT2D eigenvalue weighted by Crippen LogP contribution is -2.35. The van der Waals surface area contributed by atoms with Crippen LogP contribution in [0.4, 0.5) is 13.2 Å². The van der Waals surface area contributed by atoms with Gasteiger partial charge in [-0.3, -0.25) is 0 Å². The van der Waals surface area contributed by atoms with E-state index in [2.05, 4.69) is 4.72 Å². The predicted molar refractivity (Wildman–Crippen MR) is 81.0 cm³/mol. The van der Waals surface area contributed by atoms with Gasteiger partial charge in [-0.05, 0) is 36.8 Å². The van der Waals surface area contributed by atoms with Gasteiger partial charge in [-0.1, -0.05) is 41.4 Å². The number of hydrogen-bond donors (Lipinski definition) is 1. The number of nitrogens with one attached hydrogen (secondary N) is 1. The van der Waals surface area contributed by atoms with E-state index in [1.165, 1.54) is 36.4 Å². The molecule has 2 aromatic carbocycles. The maximum absolute atomic E-state index is 13.2. The summed E-state index contributed by atoms with van der Waals surface area (Å²) in [7, 11) is -1.98. The van der Waals surface area contributed by atoms with Crippen molar-refractivity contribution in [2.75, 3.05) is 0 Å². The number of rotatable bonds is 4. The van der Waals surface area contributed by atoms with Gasteiger partial charge in [0.1, 0.15) is 17.0 Å². The molecular formula is C15H13ClF3NOS. The quantitative estimate of drug-likeness (QED) is 0.862. The molecule has 118 valence electrons. The van der Waals surface area contributed by atoms with E-state index in [0.29, 0.717) is 5.02 Å². The maximum Gasteiger partial charge on any atom is 0.408 e. The highest BCUT2D eigenvalue weighted by molar-refractivity contribution is 7.83. The Morgan fingerprint density at radius 1 is 1.05 bits per heavy atom. The zero-order valence-electron chi connectivity index (χ0n) is 11.5. The van der Waals surface area contributed by atoms with Crippen LogP contribution in [-0.2, 0) is 11.0 Å². The molecule has 0 aliphatic heterocycles. The van der Waals surface area contributed by atoms with Crippen LogP contribution < -0.4 is 4.72 Å². The van der Waals surface area contributed by atoms with Crippen LogP contribution in [0.1, 0.15) is 17.2 Å². The molecule has 1 unspecified atom stereocenters. The summed E-state index contributed by atoms with van der Waals surface area (Å²) < 4.78 is 53.9. The molecule has 0 amide bonds. The Bertz CT molecular complexity index is 656. The van der Waals surface area contributed by atoms with Gasteiger partial charge in [0.25, 0.3) is 0 Å². The van der Waals surface area contributed by atoms with Gasteiger partial charge in [0.2, 0.25) is 0 Å². The number of aryl methyl sites for hydroxylation is 1. The molecule has 0 saturated carbocycles. The van der Waals surface area contributed by atoms with Crippen molar-refractivity contribution in [1.29, 1.82) is 0 Å². The third kappa shape index (κ3) is 4.32. The summed E-state index contributed by atoms with van der Waals surface area (Å²) in [6, 6.07) is 9.69. The van der Waals surface area contributed by atoms with Crippen molar-refractivity contribution in [1.82, 2.24) is 4.72 Å². The maximum atomic E-state index is 13.2. The van der Waals surface area contributed by atoms with Gasteiger partial charge in [-0.15, -0.1) is 0 Å². The normalized spacial score (nSPS) is 14.6. The fraction of sp³-hybridized carbons (Fsp3) is 0.200. The first-order valence-corrected chi connectivity index (χ1v) is 7.87. The zero-order chi connectivity index (χ0) is 16.3. The highest BCUT2D eigenvalue weighted by Gasteiger charge is 2.41. The van der Waals surface area contributed by atoms with Gasteiger partial charge in [0, 0.05) is 5.02 Å². The number of hydrogen-bond acceptors (Lipinski definition) is 1. The highest BCUT2D eigenvalue weighted by atomic mass is 35.5. The Hall–Kier alpha value is -1.37. The Labute approximate surface area is 133 Å². The van der Waals surface area contributed by atoms with Gasteiger partial charge in [-0.25, -0.2) is 8.93 Å². The summed E-state index contributed by atoms with van der Waals surface area (Å²) in [4.78, 5) is 0.286. The van der Waals surface area contributed by atoms with Crippen LogP contribution in [0.3, 0.4) is 0 Å². The van der Waals surface area contributed by atoms with Gasteiger partial charge in [0.05, 0.1) is 4.90 Å². The molecule has 0 aromatic heterocycles. The third-order valence-electron chi connectivity index (χ3n) is 2.99. The van der Waals surface area contributed by atoms with Crippen LogP contribution in [0.25, 0.3) is 0 Å². The molecule has 0 aliphatic rings. The van der Waals surface area contributed by atoms with Crippen molar-refractivity contribution >= 4 is 22.6 Å². The summed E-state index contributed by atoms with van der Waals surface area (Å²) in [6.07, 6.45) is -4.58. The molecule has 0 heterocycles. The Kier molecular flexibility index (Phi) is 5.26. The summed E-state index contributed by atoms with van der Waals surface area (Å²) in [5.41, 5.74) is 0.892. The molecule has 7 heteroatoms. The first-order valence-electron chi connectivity index (χ1n) is 6.34. The van der Waals surface area contributed by atoms with Gasteiger partial charge >= 0.3 is 6.18 Å². The van der Waals surface area contributed by atoms with Crippen molar-refractivity contribution in [2.24, 2.45) is 0 Å². The minimum atomic E-state index is -4.58. The lowest BCUT2D eigenvalue weighted by molar-refractivity contribution is -0.152. The second-order valence-electron chi connectivity index (χ2n) is 4.73. The molecular weight excluding hydrogens is 335 g/mol. The molecule has 2 atom stereocenters. The molecule has 0 aliphatic carbocycles. The summed E-state index contributed by atoms with van der Waals surface area (Å²) >= 11 is 5.69. The average molecular weight is 348 g/mol. The van der Waals surface area contributed by atoms with Crippen LogP contribution in [0.15, 0.2) is 53.4 Å². The largest absolute Gasteiger partial charge is 0.408 e. The van der Waals surface area contributed by atoms with Crippen LogP contribution in [-0.4, -0.2) is 10.4 Å². The summed E-state index contributed by atoms with van der Waals surface area (Å²) in [5, 5.41) is 0.337. The summed E-state index contributed by atoms with van der Waals surface area (Å²) in [5.74, 6) is 0. The predicted octanol–water partition coefficient (Wildman–Crippen LogP) is 4.56. The Balaban J connectivity index is 2.25. The van der Waals surface area contributed by atoms with E-state index in [1.807, 2.05) is 6.92 Å². The molecule has 2 rings (SSSR count). The van der Waals surface area contributed by atoms with E-state index in [0.717, 1.165) is 5.56 Å². The van der Waals surface area contributed by atoms with Crippen molar-refractivity contribution in [3.05, 3.63) is 64.7 Å². The first kappa shape index (κ1) is 17.0. The monoisotopic (exact) mass is 347 g/mol. The standard InChI is InChI=1S/C15H13ClF3NOS/c1-10-2-8-13(9-3-10)22(21)20-14(15(17,18)19)11-4-6-12(16)7-5-11/h2-9,14,20H,1H3/t14-,22?/m1/s1. The molecule has 0 bridgehead atoms. The van der Waals surface area contributed by atoms with E-state index < -0.39 is 23.2 Å². The minimum absolute atomic E-state index is 0.0441. The minimum Gasteiger partial charge on any atom is -0.237 e. The van der Waals surface area contributed by atoms with Gasteiger partial charge in [0.15, 0.2) is 0 Å². The molecule has 2 nitrogen and oxygen atoms in total. The number of halogens is 4. The van der Waals surface area contributed by atoms with E-state index in [4.69, 9.17) is 11.6 Å². The molecule has 0 spiro atoms. The number of alkyl halides is 3.